The Bertz CT molecular complexity index is 2030. The van der Waals surface area contributed by atoms with Crippen molar-refractivity contribution in [3.63, 3.8) is 0 Å². The van der Waals surface area contributed by atoms with Crippen LogP contribution in [-0.2, 0) is 25.9 Å². The second-order valence-corrected chi connectivity index (χ2v) is 13.1. The molecule has 0 saturated heterocycles. The fraction of sp³-hybridized carbons (Fsp3) is 0.343. The van der Waals surface area contributed by atoms with Gasteiger partial charge in [-0.3, -0.25) is 24.0 Å². The van der Waals surface area contributed by atoms with Gasteiger partial charge in [-0.05, 0) is 69.0 Å². The highest BCUT2D eigenvalue weighted by Gasteiger charge is 2.30. The Balaban J connectivity index is 1.23. The number of fused-ring (bicyclic) bond motifs is 2. The van der Waals surface area contributed by atoms with Gasteiger partial charge in [0.1, 0.15) is 18.2 Å². The molecule has 0 amide bonds. The molecule has 5 aromatic rings. The zero-order valence-corrected chi connectivity index (χ0v) is 28.3. The molecule has 6 rings (SSSR count). The highest BCUT2D eigenvalue weighted by Crippen LogP contribution is 2.40. The van der Waals surface area contributed by atoms with E-state index >= 15 is 0 Å². The minimum absolute atomic E-state index is 0.165. The van der Waals surface area contributed by atoms with Gasteiger partial charge >= 0.3 is 0 Å². The first-order chi connectivity index (χ1) is 23.1. The molecule has 1 atom stereocenters. The van der Waals surface area contributed by atoms with E-state index in [1.54, 1.807) is 52.2 Å². The molecule has 0 saturated carbocycles. The lowest BCUT2D eigenvalue weighted by Crippen LogP contribution is -2.44. The number of carbonyl (C=O) groups excluding carboxylic acids is 1. The zero-order chi connectivity index (χ0) is 33.9. The Kier molecular flexibility index (Phi) is 10.1. The van der Waals surface area contributed by atoms with Gasteiger partial charge in [-0.15, -0.1) is 11.3 Å². The molecule has 0 radical (unpaired) electrons. The average molecular weight is 694 g/mol. The summed E-state index contributed by atoms with van der Waals surface area (Å²) in [4.78, 5) is 40.7. The van der Waals surface area contributed by atoms with Gasteiger partial charge in [-0.25, -0.2) is 18.7 Å². The number of hydrogen-bond acceptors (Lipinski definition) is 9. The molecule has 48 heavy (non-hydrogen) atoms. The fourth-order valence-electron chi connectivity index (χ4n) is 6.32. The van der Waals surface area contributed by atoms with E-state index < -0.39 is 13.0 Å². The van der Waals surface area contributed by atoms with E-state index in [0.717, 1.165) is 39.1 Å². The van der Waals surface area contributed by atoms with E-state index in [-0.39, 0.29) is 31.3 Å². The fourth-order valence-corrected chi connectivity index (χ4v) is 7.48. The molecule has 1 unspecified atom stereocenters. The van der Waals surface area contributed by atoms with E-state index in [2.05, 4.69) is 9.97 Å². The summed E-state index contributed by atoms with van der Waals surface area (Å²) in [6.45, 7) is 3.91. The maximum Gasteiger partial charge on any atom is 0.257 e. The maximum absolute atomic E-state index is 13.9. The van der Waals surface area contributed by atoms with Crippen molar-refractivity contribution >= 4 is 39.4 Å². The van der Waals surface area contributed by atoms with Crippen molar-refractivity contribution in [1.82, 2.24) is 24.4 Å². The molecule has 4 aromatic heterocycles. The molecule has 0 bridgehead atoms. The molecular formula is C35H34ClF2N5O4S. The van der Waals surface area contributed by atoms with Crippen molar-refractivity contribution in [3.8, 4) is 22.8 Å². The number of benzene rings is 1. The topological polar surface area (TPSA) is 99.4 Å². The van der Waals surface area contributed by atoms with Crippen molar-refractivity contribution in [3.05, 3.63) is 97.3 Å². The molecular weight excluding hydrogens is 660 g/mol. The second-order valence-electron chi connectivity index (χ2n) is 11.8. The summed E-state index contributed by atoms with van der Waals surface area (Å²) in [5.41, 5.74) is 5.39. The number of thiophene rings is 1. The number of methoxy groups -OCH3 is 1. The predicted molar refractivity (Wildman–Crippen MR) is 182 cm³/mol. The van der Waals surface area contributed by atoms with E-state index in [4.69, 9.17) is 26.1 Å². The number of aryl methyl sites for hydroxylation is 3. The number of nitrogens with zero attached hydrogens (tertiary/aromatic N) is 5. The Labute approximate surface area is 285 Å². The number of carbonyl (C=O) groups is 1. The zero-order valence-electron chi connectivity index (χ0n) is 26.7. The van der Waals surface area contributed by atoms with E-state index in [0.29, 0.717) is 58.4 Å². The lowest BCUT2D eigenvalue weighted by molar-refractivity contribution is 0.0561. The summed E-state index contributed by atoms with van der Waals surface area (Å²) in [5, 5.41) is 2.31. The summed E-state index contributed by atoms with van der Waals surface area (Å²) in [7, 11) is 1.51. The Hall–Kier alpha value is -4.26. The van der Waals surface area contributed by atoms with Crippen LogP contribution in [0.4, 0.5) is 8.78 Å². The lowest BCUT2D eigenvalue weighted by Gasteiger charge is -2.35. The monoisotopic (exact) mass is 693 g/mol. The van der Waals surface area contributed by atoms with Crippen molar-refractivity contribution in [2.45, 2.75) is 58.7 Å². The smallest absolute Gasteiger partial charge is 0.257 e. The van der Waals surface area contributed by atoms with Gasteiger partial charge in [0.15, 0.2) is 6.29 Å². The first-order valence-electron chi connectivity index (χ1n) is 15.5. The summed E-state index contributed by atoms with van der Waals surface area (Å²) < 4.78 is 41.4. The largest absolute Gasteiger partial charge is 0.491 e. The molecule has 0 aliphatic heterocycles. The molecule has 1 aliphatic carbocycles. The number of aromatic nitrogens is 4. The molecule has 0 fully saturated rings. The Morgan fingerprint density at radius 1 is 1.17 bits per heavy atom. The third-order valence-electron chi connectivity index (χ3n) is 8.59. The average Bonchev–Trinajstić information content (AvgIpc) is 3.48. The molecule has 13 heteroatoms. The van der Waals surface area contributed by atoms with Gasteiger partial charge in [0, 0.05) is 57.6 Å². The number of aldehydes is 1. The van der Waals surface area contributed by atoms with Crippen molar-refractivity contribution in [2.75, 3.05) is 20.3 Å². The molecule has 0 spiro atoms. The number of rotatable bonds is 12. The Morgan fingerprint density at radius 3 is 2.77 bits per heavy atom. The summed E-state index contributed by atoms with van der Waals surface area (Å²) in [5.74, 6) is 1.55. The van der Waals surface area contributed by atoms with E-state index in [1.807, 2.05) is 19.1 Å². The first-order valence-corrected chi connectivity index (χ1v) is 16.8. The van der Waals surface area contributed by atoms with E-state index in [9.17, 15) is 18.4 Å². The van der Waals surface area contributed by atoms with Crippen molar-refractivity contribution in [1.29, 1.82) is 0 Å². The summed E-state index contributed by atoms with van der Waals surface area (Å²) in [6.07, 6.45) is 1.32. The van der Waals surface area contributed by atoms with Gasteiger partial charge in [-0.1, -0.05) is 11.6 Å². The maximum atomic E-state index is 13.9. The van der Waals surface area contributed by atoms with Crippen LogP contribution in [0.2, 0.25) is 5.02 Å². The molecule has 4 heterocycles. The SMILES string of the molecule is COc1cc(CN(CC(F)F)C2CCc3nc(C)n(CCOc4ccc(Cl)cc4-c4cc(C)nc5c(C=O)csc45)c(=O)c3C2)ccn1. The molecule has 250 valence electrons. The van der Waals surface area contributed by atoms with Gasteiger partial charge in [0.25, 0.3) is 12.0 Å². The van der Waals surface area contributed by atoms with Crippen LogP contribution < -0.4 is 15.0 Å². The summed E-state index contributed by atoms with van der Waals surface area (Å²) >= 11 is 7.85. The molecule has 0 N–H and O–H groups in total. The van der Waals surface area contributed by atoms with Gasteiger partial charge in [0.2, 0.25) is 5.88 Å². The van der Waals surface area contributed by atoms with Crippen LogP contribution in [-0.4, -0.2) is 63.4 Å². The number of halogens is 3. The highest BCUT2D eigenvalue weighted by molar-refractivity contribution is 7.18. The number of hydrogen-bond donors (Lipinski definition) is 0. The predicted octanol–water partition coefficient (Wildman–Crippen LogP) is 6.71. The van der Waals surface area contributed by atoms with Crippen LogP contribution in [0, 0.1) is 13.8 Å². The van der Waals surface area contributed by atoms with Gasteiger partial charge in [-0.2, -0.15) is 0 Å². The summed E-state index contributed by atoms with van der Waals surface area (Å²) in [6, 6.07) is 10.5. The van der Waals surface area contributed by atoms with Gasteiger partial charge < -0.3 is 9.47 Å². The van der Waals surface area contributed by atoms with Crippen molar-refractivity contribution in [2.24, 2.45) is 0 Å². The second kappa shape index (κ2) is 14.5. The normalized spacial score (nSPS) is 14.5. The van der Waals surface area contributed by atoms with Crippen molar-refractivity contribution < 1.29 is 23.0 Å². The Morgan fingerprint density at radius 2 is 2.00 bits per heavy atom. The van der Waals surface area contributed by atoms with Crippen LogP contribution in [0.1, 0.15) is 45.1 Å². The van der Waals surface area contributed by atoms with E-state index in [1.165, 1.54) is 18.4 Å². The first kappa shape index (κ1) is 33.6. The number of alkyl halides is 2. The number of ether oxygens (including phenoxy) is 2. The minimum Gasteiger partial charge on any atom is -0.491 e. The standard InChI is InChI=1S/C35H34ClF2N5O4S/c1-20-12-27(34-33(40-20)23(18-44)19-48-34)26-14-24(36)4-7-30(26)47-11-10-43-21(2)41-29-6-5-25(15-28(29)35(43)45)42(17-31(37)38)16-22-8-9-39-32(13-22)46-3/h4,7-9,12-14,18-19,25,31H,5-6,10-11,15-17H2,1-3H3. The van der Waals surface area contributed by atoms with Crippen LogP contribution in [0.15, 0.2) is 52.8 Å². The van der Waals surface area contributed by atoms with Crippen LogP contribution in [0.5, 0.6) is 11.6 Å². The highest BCUT2D eigenvalue weighted by atomic mass is 35.5. The molecule has 9 nitrogen and oxygen atoms in total. The quantitative estimate of drug-likeness (QED) is 0.133. The van der Waals surface area contributed by atoms with Crippen LogP contribution >= 0.6 is 22.9 Å². The lowest BCUT2D eigenvalue weighted by atomic mass is 9.91. The number of pyridine rings is 2. The van der Waals surface area contributed by atoms with Crippen LogP contribution in [0.3, 0.4) is 0 Å². The van der Waals surface area contributed by atoms with Gasteiger partial charge in [0.05, 0.1) is 41.7 Å². The van der Waals surface area contributed by atoms with Crippen LogP contribution in [0.25, 0.3) is 21.3 Å². The third-order valence-corrected chi connectivity index (χ3v) is 9.84. The minimum atomic E-state index is -2.53. The third kappa shape index (κ3) is 7.11. The molecule has 1 aromatic carbocycles. The molecule has 1 aliphatic rings.